The lowest BCUT2D eigenvalue weighted by Gasteiger charge is -2.47. The summed E-state index contributed by atoms with van der Waals surface area (Å²) in [6.07, 6.45) is 0.923. The molecule has 4 atom stereocenters. The second-order valence-corrected chi connectivity index (χ2v) is 8.85. The second kappa shape index (κ2) is 6.18. The van der Waals surface area contributed by atoms with Gasteiger partial charge in [0.05, 0.1) is 5.92 Å². The predicted octanol–water partition coefficient (Wildman–Crippen LogP) is 1.87. The summed E-state index contributed by atoms with van der Waals surface area (Å²) in [6, 6.07) is -0.0396. The van der Waals surface area contributed by atoms with Crippen LogP contribution in [0.5, 0.6) is 0 Å². The number of hydrogen-bond donors (Lipinski definition) is 1. The first-order valence-electron chi connectivity index (χ1n) is 6.87. The third-order valence-corrected chi connectivity index (χ3v) is 4.62. The van der Waals surface area contributed by atoms with Crippen molar-refractivity contribution in [1.29, 1.82) is 0 Å². The molecule has 1 aliphatic heterocycles. The van der Waals surface area contributed by atoms with Gasteiger partial charge in [-0.05, 0) is 24.4 Å². The van der Waals surface area contributed by atoms with E-state index in [-0.39, 0.29) is 35.1 Å². The fourth-order valence-electron chi connectivity index (χ4n) is 2.54. The van der Waals surface area contributed by atoms with Gasteiger partial charge in [-0.3, -0.25) is 4.79 Å². The Bertz CT molecular complexity index is 338. The molecule has 5 heteroatoms. The summed E-state index contributed by atoms with van der Waals surface area (Å²) >= 11 is 0. The molecule has 0 aromatic heterocycles. The Balaban J connectivity index is 2.84. The zero-order valence-electron chi connectivity index (χ0n) is 12.8. The van der Waals surface area contributed by atoms with E-state index < -0.39 is 9.04 Å². The van der Waals surface area contributed by atoms with Crippen molar-refractivity contribution in [3.05, 3.63) is 0 Å². The minimum atomic E-state index is -0.767. The van der Waals surface area contributed by atoms with E-state index in [1.165, 1.54) is 0 Å². The maximum atomic E-state index is 11.9. The number of carbonyl (C=O) groups excluding carboxylic acids is 2. The Morgan fingerprint density at radius 1 is 1.42 bits per heavy atom. The lowest BCUT2D eigenvalue weighted by Crippen LogP contribution is -2.65. The van der Waals surface area contributed by atoms with E-state index in [0.717, 1.165) is 6.29 Å². The van der Waals surface area contributed by atoms with Crippen molar-refractivity contribution < 1.29 is 14.0 Å². The average Bonchev–Trinajstić information content (AvgIpc) is 2.28. The Kier molecular flexibility index (Phi) is 5.32. The maximum Gasteiger partial charge on any atom is 0.225 e. The molecule has 0 saturated carbocycles. The zero-order chi connectivity index (χ0) is 14.8. The maximum absolute atomic E-state index is 11.9. The second-order valence-electron chi connectivity index (χ2n) is 6.75. The van der Waals surface area contributed by atoms with Crippen LogP contribution < -0.4 is 5.32 Å². The zero-order valence-corrected chi connectivity index (χ0v) is 13.8. The highest BCUT2D eigenvalue weighted by molar-refractivity contribution is 6.48. The molecule has 0 aliphatic carbocycles. The molecule has 1 saturated heterocycles. The van der Waals surface area contributed by atoms with E-state index in [0.29, 0.717) is 6.61 Å². The first kappa shape index (κ1) is 16.4. The molecule has 0 aromatic rings. The van der Waals surface area contributed by atoms with Gasteiger partial charge in [-0.15, -0.1) is 0 Å². The van der Waals surface area contributed by atoms with E-state index in [1.54, 1.807) is 0 Å². The largest absolute Gasteiger partial charge is 0.417 e. The summed E-state index contributed by atoms with van der Waals surface area (Å²) in [5.74, 6) is -0.0427. The summed E-state index contributed by atoms with van der Waals surface area (Å²) in [5.41, 5.74) is -0.0133. The van der Waals surface area contributed by atoms with Crippen molar-refractivity contribution >= 4 is 21.2 Å². The molecule has 1 fully saturated rings. The first-order chi connectivity index (χ1) is 8.68. The van der Waals surface area contributed by atoms with E-state index >= 15 is 0 Å². The topological polar surface area (TPSA) is 55.4 Å². The number of nitrogens with one attached hydrogen (secondary N) is 1. The van der Waals surface area contributed by atoms with Crippen molar-refractivity contribution in [3.8, 4) is 0 Å². The van der Waals surface area contributed by atoms with Crippen LogP contribution >= 0.6 is 0 Å². The van der Waals surface area contributed by atoms with Gasteiger partial charge in [0.1, 0.15) is 6.29 Å². The lowest BCUT2D eigenvalue weighted by atomic mass is 9.65. The van der Waals surface area contributed by atoms with Crippen molar-refractivity contribution in [3.63, 3.8) is 0 Å². The summed E-state index contributed by atoms with van der Waals surface area (Å²) < 4.78 is 5.83. The highest BCUT2D eigenvalue weighted by atomic mass is 28.3. The Morgan fingerprint density at radius 3 is 2.37 bits per heavy atom. The smallest absolute Gasteiger partial charge is 0.225 e. The van der Waals surface area contributed by atoms with Crippen LogP contribution in [0.25, 0.3) is 0 Å². The van der Waals surface area contributed by atoms with E-state index in [9.17, 15) is 9.59 Å². The number of β-lactam (4-membered cyclic amide) rings is 1. The molecule has 1 N–H and O–H groups in total. The van der Waals surface area contributed by atoms with Crippen LogP contribution in [0.15, 0.2) is 0 Å². The lowest BCUT2D eigenvalue weighted by molar-refractivity contribution is -0.145. The first-order valence-corrected chi connectivity index (χ1v) is 9.28. The predicted molar refractivity (Wildman–Crippen MR) is 77.0 cm³/mol. The molecule has 0 unspecified atom stereocenters. The van der Waals surface area contributed by atoms with Gasteiger partial charge in [0.2, 0.25) is 14.9 Å². The summed E-state index contributed by atoms with van der Waals surface area (Å²) in [4.78, 5) is 22.9. The van der Waals surface area contributed by atoms with Gasteiger partial charge in [-0.25, -0.2) is 0 Å². The van der Waals surface area contributed by atoms with Crippen molar-refractivity contribution in [2.24, 2.45) is 23.2 Å². The molecule has 1 heterocycles. The average molecular weight is 284 g/mol. The summed E-state index contributed by atoms with van der Waals surface area (Å²) in [5, 5.41) is 2.87. The third kappa shape index (κ3) is 3.89. The SMILES string of the molecule is C[C@@H](C=O)[C@H]1NC(=O)[C@H]1[C@@H](CO[Si](C)C)C(C)(C)C. The van der Waals surface area contributed by atoms with Gasteiger partial charge >= 0.3 is 0 Å². The number of aldehydes is 1. The van der Waals surface area contributed by atoms with Gasteiger partial charge in [-0.1, -0.05) is 27.7 Å². The molecule has 0 aromatic carbocycles. The minimum absolute atomic E-state index is 0.0133. The normalized spacial score (nSPS) is 26.6. The molecule has 109 valence electrons. The fraction of sp³-hybridized carbons (Fsp3) is 0.857. The van der Waals surface area contributed by atoms with Crippen LogP contribution in [0.2, 0.25) is 13.1 Å². The van der Waals surface area contributed by atoms with Crippen molar-refractivity contribution in [2.75, 3.05) is 6.61 Å². The van der Waals surface area contributed by atoms with Crippen LogP contribution in [0.1, 0.15) is 27.7 Å². The Morgan fingerprint density at radius 2 is 2.00 bits per heavy atom. The van der Waals surface area contributed by atoms with Gasteiger partial charge in [-0.2, -0.15) is 0 Å². The number of carbonyl (C=O) groups is 2. The molecule has 0 bridgehead atoms. The van der Waals surface area contributed by atoms with Gasteiger partial charge in [0.15, 0.2) is 0 Å². The van der Waals surface area contributed by atoms with Crippen LogP contribution in [-0.2, 0) is 14.0 Å². The summed E-state index contributed by atoms with van der Waals surface area (Å²) in [7, 11) is -0.767. The van der Waals surface area contributed by atoms with Crippen molar-refractivity contribution in [1.82, 2.24) is 5.32 Å². The van der Waals surface area contributed by atoms with Gasteiger partial charge in [0, 0.05) is 18.6 Å². The Hall–Kier alpha value is -0.683. The molecular weight excluding hydrogens is 258 g/mol. The van der Waals surface area contributed by atoms with E-state index in [2.05, 4.69) is 39.2 Å². The van der Waals surface area contributed by atoms with Crippen LogP contribution in [0, 0.1) is 23.2 Å². The van der Waals surface area contributed by atoms with Crippen LogP contribution in [0.3, 0.4) is 0 Å². The third-order valence-electron chi connectivity index (χ3n) is 3.88. The van der Waals surface area contributed by atoms with E-state index in [1.807, 2.05) is 6.92 Å². The quantitative estimate of drug-likeness (QED) is 0.460. The van der Waals surface area contributed by atoms with Crippen molar-refractivity contribution in [2.45, 2.75) is 46.8 Å². The Labute approximate surface area is 118 Å². The van der Waals surface area contributed by atoms with Crippen LogP contribution in [-0.4, -0.2) is 33.9 Å². The van der Waals surface area contributed by atoms with Gasteiger partial charge < -0.3 is 14.5 Å². The van der Waals surface area contributed by atoms with Crippen LogP contribution in [0.4, 0.5) is 0 Å². The number of amides is 1. The standard InChI is InChI=1S/C14H26NO3Si/c1-9(7-16)12-11(13(17)15-12)10(14(2,3)4)8-18-19(5)6/h7,9-12H,8H2,1-6H3,(H,15,17)/t9-,10+,11-,12+/m0/s1. The fourth-order valence-corrected chi connectivity index (χ4v) is 3.05. The molecule has 0 spiro atoms. The molecule has 19 heavy (non-hydrogen) atoms. The number of hydrogen-bond acceptors (Lipinski definition) is 3. The summed E-state index contributed by atoms with van der Waals surface area (Å²) in [6.45, 7) is 13.0. The molecule has 4 nitrogen and oxygen atoms in total. The van der Waals surface area contributed by atoms with E-state index in [4.69, 9.17) is 4.43 Å². The monoisotopic (exact) mass is 284 g/mol. The van der Waals surface area contributed by atoms with Gasteiger partial charge in [0.25, 0.3) is 0 Å². The molecule has 1 radical (unpaired) electrons. The highest BCUT2D eigenvalue weighted by Gasteiger charge is 2.50. The molecule has 1 aliphatic rings. The molecule has 1 amide bonds. The minimum Gasteiger partial charge on any atom is -0.417 e. The molecular formula is C14H26NO3Si. The highest BCUT2D eigenvalue weighted by Crippen LogP contribution is 2.39. The molecule has 1 rings (SSSR count). The number of rotatable bonds is 6.